The summed E-state index contributed by atoms with van der Waals surface area (Å²) < 4.78 is 10.5. The van der Waals surface area contributed by atoms with Gasteiger partial charge in [-0.15, -0.1) is 0 Å². The maximum Gasteiger partial charge on any atom is 0.421 e. The van der Waals surface area contributed by atoms with Gasteiger partial charge in [-0.2, -0.15) is 0 Å². The standard InChI is InChI=1S/C22H24ClNO7/c1-7-30-17(27)16-21(11(2)25,12(3)26)22(16)14-10-13(23)8-9-15(14)24(18(22)28)19(29)31-20(4,5)6/h8-10,16H,7H2,1-6H3/t16-,22+/m1/s1. The molecule has 31 heavy (non-hydrogen) atoms. The zero-order valence-electron chi connectivity index (χ0n) is 18.2. The predicted octanol–water partition coefficient (Wildman–Crippen LogP) is 3.22. The van der Waals surface area contributed by atoms with Crippen molar-refractivity contribution >= 4 is 46.8 Å². The normalized spacial score (nSPS) is 23.4. The van der Waals surface area contributed by atoms with Gasteiger partial charge < -0.3 is 9.47 Å². The van der Waals surface area contributed by atoms with E-state index in [1.807, 2.05) is 0 Å². The Kier molecular flexibility index (Phi) is 5.29. The number of nitrogens with zero attached hydrogens (tertiary/aromatic N) is 1. The van der Waals surface area contributed by atoms with Gasteiger partial charge in [-0.25, -0.2) is 9.69 Å². The van der Waals surface area contributed by atoms with E-state index in [0.717, 1.165) is 18.7 Å². The molecule has 0 aromatic heterocycles. The fraction of sp³-hybridized carbons (Fsp3) is 0.500. The molecule has 1 aliphatic heterocycles. The second-order valence-electron chi connectivity index (χ2n) is 8.70. The molecule has 0 radical (unpaired) electrons. The molecule has 166 valence electrons. The van der Waals surface area contributed by atoms with Crippen LogP contribution in [-0.4, -0.2) is 41.7 Å². The predicted molar refractivity (Wildman–Crippen MR) is 111 cm³/mol. The highest BCUT2D eigenvalue weighted by Crippen LogP contribution is 2.75. The molecule has 0 bridgehead atoms. The van der Waals surface area contributed by atoms with E-state index in [4.69, 9.17) is 21.1 Å². The molecule has 1 fully saturated rings. The molecule has 1 saturated carbocycles. The van der Waals surface area contributed by atoms with Gasteiger partial charge in [-0.3, -0.25) is 19.2 Å². The topological polar surface area (TPSA) is 107 Å². The van der Waals surface area contributed by atoms with E-state index in [9.17, 15) is 24.0 Å². The first-order valence-electron chi connectivity index (χ1n) is 9.84. The Labute approximate surface area is 184 Å². The van der Waals surface area contributed by atoms with Crippen LogP contribution in [0.5, 0.6) is 0 Å². The highest BCUT2D eigenvalue weighted by atomic mass is 35.5. The van der Waals surface area contributed by atoms with Crippen molar-refractivity contribution in [2.24, 2.45) is 11.3 Å². The minimum Gasteiger partial charge on any atom is -0.466 e. The number of halogens is 1. The maximum absolute atomic E-state index is 13.8. The third kappa shape index (κ3) is 2.91. The molecule has 1 spiro atoms. The molecule has 3 rings (SSSR count). The summed E-state index contributed by atoms with van der Waals surface area (Å²) in [6, 6.07) is 4.30. The number of Topliss-reactive ketones (excluding diaryl/α,β-unsaturated/α-hetero) is 2. The average molecular weight is 450 g/mol. The smallest absolute Gasteiger partial charge is 0.421 e. The van der Waals surface area contributed by atoms with Crippen molar-refractivity contribution in [1.82, 2.24) is 0 Å². The number of hydrogen-bond donors (Lipinski definition) is 0. The fourth-order valence-electron chi connectivity index (χ4n) is 4.83. The minimum atomic E-state index is -1.99. The molecule has 9 heteroatoms. The van der Waals surface area contributed by atoms with Crippen LogP contribution >= 0.6 is 11.6 Å². The van der Waals surface area contributed by atoms with E-state index in [2.05, 4.69) is 0 Å². The highest BCUT2D eigenvalue weighted by Gasteiger charge is 2.91. The summed E-state index contributed by atoms with van der Waals surface area (Å²) in [6.07, 6.45) is -0.978. The highest BCUT2D eigenvalue weighted by molar-refractivity contribution is 6.34. The second kappa shape index (κ2) is 7.15. The van der Waals surface area contributed by atoms with Gasteiger partial charge in [0, 0.05) is 5.02 Å². The van der Waals surface area contributed by atoms with Crippen LogP contribution in [0.1, 0.15) is 47.1 Å². The summed E-state index contributed by atoms with van der Waals surface area (Å²) in [4.78, 5) is 66.1. The fourth-order valence-corrected chi connectivity index (χ4v) is 5.00. The number of amides is 2. The van der Waals surface area contributed by atoms with Crippen molar-refractivity contribution in [3.63, 3.8) is 0 Å². The summed E-state index contributed by atoms with van der Waals surface area (Å²) in [5, 5.41) is 0.215. The van der Waals surface area contributed by atoms with Crippen molar-refractivity contribution in [2.75, 3.05) is 11.5 Å². The van der Waals surface area contributed by atoms with Gasteiger partial charge in [0.25, 0.3) is 0 Å². The van der Waals surface area contributed by atoms with Crippen LogP contribution in [0.2, 0.25) is 5.02 Å². The SMILES string of the molecule is CCOC(=O)[C@@H]1C(C(C)=O)(C(C)=O)[C@]12C(=O)N(C(=O)OC(C)(C)C)c1ccc(Cl)cc12. The molecular weight excluding hydrogens is 426 g/mol. The summed E-state index contributed by atoms with van der Waals surface area (Å²) >= 11 is 6.17. The first kappa shape index (κ1) is 22.9. The second-order valence-corrected chi connectivity index (χ2v) is 9.13. The first-order chi connectivity index (χ1) is 14.3. The van der Waals surface area contributed by atoms with Gasteiger partial charge in [0.05, 0.1) is 18.2 Å². The van der Waals surface area contributed by atoms with Crippen molar-refractivity contribution in [2.45, 2.75) is 52.6 Å². The molecule has 2 amide bonds. The zero-order valence-corrected chi connectivity index (χ0v) is 19.0. The quantitative estimate of drug-likeness (QED) is 0.513. The number of anilines is 1. The Balaban J connectivity index is 2.31. The Morgan fingerprint density at radius 2 is 1.71 bits per heavy atom. The number of esters is 1. The van der Waals surface area contributed by atoms with E-state index in [1.54, 1.807) is 27.7 Å². The van der Waals surface area contributed by atoms with E-state index < -0.39 is 51.9 Å². The number of ketones is 2. The van der Waals surface area contributed by atoms with E-state index in [-0.39, 0.29) is 22.9 Å². The Bertz CT molecular complexity index is 1010. The molecule has 0 saturated heterocycles. The number of carbonyl (C=O) groups excluding carboxylic acids is 5. The van der Waals surface area contributed by atoms with Crippen LogP contribution in [0.25, 0.3) is 0 Å². The lowest BCUT2D eigenvalue weighted by atomic mass is 9.82. The van der Waals surface area contributed by atoms with Crippen molar-refractivity contribution < 1.29 is 33.4 Å². The number of rotatable bonds is 4. The summed E-state index contributed by atoms with van der Waals surface area (Å²) in [5.74, 6) is -4.49. The Morgan fingerprint density at radius 1 is 1.13 bits per heavy atom. The molecule has 2 atom stereocenters. The molecule has 1 aromatic carbocycles. The van der Waals surface area contributed by atoms with Crippen LogP contribution in [-0.2, 0) is 34.1 Å². The van der Waals surface area contributed by atoms with Gasteiger partial charge in [0.15, 0.2) is 0 Å². The Morgan fingerprint density at radius 3 is 2.19 bits per heavy atom. The zero-order chi connectivity index (χ0) is 23.5. The lowest BCUT2D eigenvalue weighted by molar-refractivity contribution is -0.149. The number of benzene rings is 1. The van der Waals surface area contributed by atoms with Crippen LogP contribution < -0.4 is 4.90 Å². The number of ether oxygens (including phenoxy) is 2. The average Bonchev–Trinajstić information content (AvgIpc) is 3.21. The van der Waals surface area contributed by atoms with Gasteiger partial charge in [-0.1, -0.05) is 11.6 Å². The Hall–Kier alpha value is -2.74. The van der Waals surface area contributed by atoms with E-state index >= 15 is 0 Å². The molecule has 0 unspecified atom stereocenters. The van der Waals surface area contributed by atoms with E-state index in [1.165, 1.54) is 18.2 Å². The molecule has 2 aliphatic rings. The number of fused-ring (bicyclic) bond motifs is 2. The summed E-state index contributed by atoms with van der Waals surface area (Å²) in [5.41, 5.74) is -4.57. The largest absolute Gasteiger partial charge is 0.466 e. The minimum absolute atomic E-state index is 0.0102. The first-order valence-corrected chi connectivity index (χ1v) is 10.2. The van der Waals surface area contributed by atoms with Crippen LogP contribution in [0.4, 0.5) is 10.5 Å². The van der Waals surface area contributed by atoms with Gasteiger partial charge in [0.2, 0.25) is 5.91 Å². The molecule has 1 aromatic rings. The van der Waals surface area contributed by atoms with Gasteiger partial charge >= 0.3 is 12.1 Å². The monoisotopic (exact) mass is 449 g/mol. The third-order valence-corrected chi connectivity index (χ3v) is 6.01. The van der Waals surface area contributed by atoms with Gasteiger partial charge in [0.1, 0.15) is 28.0 Å². The van der Waals surface area contributed by atoms with Crippen LogP contribution in [0.3, 0.4) is 0 Å². The lowest BCUT2D eigenvalue weighted by Crippen LogP contribution is -2.44. The van der Waals surface area contributed by atoms with Crippen molar-refractivity contribution in [3.05, 3.63) is 28.8 Å². The van der Waals surface area contributed by atoms with Gasteiger partial charge in [-0.05, 0) is 65.3 Å². The number of hydrogen-bond acceptors (Lipinski definition) is 7. The van der Waals surface area contributed by atoms with E-state index in [0.29, 0.717) is 0 Å². The summed E-state index contributed by atoms with van der Waals surface area (Å²) in [6.45, 7) is 8.77. The van der Waals surface area contributed by atoms with Crippen LogP contribution in [0, 0.1) is 11.3 Å². The van der Waals surface area contributed by atoms with Crippen molar-refractivity contribution in [1.29, 1.82) is 0 Å². The number of imide groups is 1. The summed E-state index contributed by atoms with van der Waals surface area (Å²) in [7, 11) is 0. The molecule has 1 aliphatic carbocycles. The molecule has 0 N–H and O–H groups in total. The third-order valence-electron chi connectivity index (χ3n) is 5.78. The molecule has 8 nitrogen and oxygen atoms in total. The van der Waals surface area contributed by atoms with Crippen molar-refractivity contribution in [3.8, 4) is 0 Å². The lowest BCUT2D eigenvalue weighted by Gasteiger charge is -2.24. The molecule has 1 heterocycles. The maximum atomic E-state index is 13.8. The number of carbonyl (C=O) groups is 5. The van der Waals surface area contributed by atoms with Crippen LogP contribution in [0.15, 0.2) is 18.2 Å². The molecular formula is C22H24ClNO7.